The van der Waals surface area contributed by atoms with E-state index in [4.69, 9.17) is 4.74 Å². The first-order chi connectivity index (χ1) is 15.2. The van der Waals surface area contributed by atoms with Crippen molar-refractivity contribution in [2.45, 2.75) is 43.9 Å². The third-order valence-corrected chi connectivity index (χ3v) is 7.00. The predicted molar refractivity (Wildman–Crippen MR) is 125 cm³/mol. The van der Waals surface area contributed by atoms with Gasteiger partial charge in [-0.25, -0.2) is 0 Å². The predicted octanol–water partition coefficient (Wildman–Crippen LogP) is 2.67. The van der Waals surface area contributed by atoms with Gasteiger partial charge in [0.25, 0.3) is 0 Å². The van der Waals surface area contributed by atoms with Crippen molar-refractivity contribution in [2.24, 2.45) is 0 Å². The first kappa shape index (κ1) is 22.1. The minimum Gasteiger partial charge on any atom is -0.495 e. The lowest BCUT2D eigenvalue weighted by atomic mass is 9.95. The van der Waals surface area contributed by atoms with Crippen LogP contribution < -0.4 is 9.64 Å². The number of hydrogen-bond donors (Lipinski definition) is 1. The summed E-state index contributed by atoms with van der Waals surface area (Å²) in [5, 5.41) is 10.9. The summed E-state index contributed by atoms with van der Waals surface area (Å²) in [7, 11) is 3.88. The first-order valence-corrected chi connectivity index (χ1v) is 11.6. The third kappa shape index (κ3) is 5.37. The highest BCUT2D eigenvalue weighted by molar-refractivity contribution is 5.58. The molecule has 2 saturated heterocycles. The molecule has 1 aromatic heterocycles. The molecule has 6 heteroatoms. The molecule has 168 valence electrons. The maximum Gasteiger partial charge on any atom is 0.142 e. The van der Waals surface area contributed by atoms with Crippen LogP contribution in [-0.4, -0.2) is 85.0 Å². The number of benzene rings is 1. The van der Waals surface area contributed by atoms with Crippen LogP contribution >= 0.6 is 0 Å². The summed E-state index contributed by atoms with van der Waals surface area (Å²) in [6.45, 7) is 4.83. The van der Waals surface area contributed by atoms with Crippen molar-refractivity contribution in [3.05, 3.63) is 54.4 Å². The maximum absolute atomic E-state index is 10.9. The van der Waals surface area contributed by atoms with E-state index < -0.39 is 0 Å². The van der Waals surface area contributed by atoms with Gasteiger partial charge in [-0.15, -0.1) is 0 Å². The highest BCUT2D eigenvalue weighted by Crippen LogP contribution is 2.31. The van der Waals surface area contributed by atoms with E-state index in [2.05, 4.69) is 44.9 Å². The summed E-state index contributed by atoms with van der Waals surface area (Å²) in [5.74, 6) is 0.950. The van der Waals surface area contributed by atoms with Crippen LogP contribution in [0.2, 0.25) is 0 Å². The Balaban J connectivity index is 1.25. The molecule has 6 nitrogen and oxygen atoms in total. The van der Waals surface area contributed by atoms with Crippen molar-refractivity contribution in [1.82, 2.24) is 14.8 Å². The summed E-state index contributed by atoms with van der Waals surface area (Å²) >= 11 is 0. The van der Waals surface area contributed by atoms with Gasteiger partial charge in [0.15, 0.2) is 0 Å². The number of rotatable bonds is 7. The average molecular weight is 425 g/mol. The molecule has 3 heterocycles. The fraction of sp³-hybridized carbons (Fsp3) is 0.560. The Kier molecular flexibility index (Phi) is 7.43. The Morgan fingerprint density at radius 1 is 1.06 bits per heavy atom. The van der Waals surface area contributed by atoms with Crippen LogP contribution in [0.3, 0.4) is 0 Å². The number of aliphatic hydroxyl groups is 1. The molecule has 1 aromatic carbocycles. The fourth-order valence-electron chi connectivity index (χ4n) is 5.16. The Morgan fingerprint density at radius 2 is 1.84 bits per heavy atom. The first-order valence-electron chi connectivity index (χ1n) is 11.6. The standard InChI is InChI=1S/C25H36N4O2/c1-27(15-10-20-7-5-6-14-26-20)22-13-18-29(19-24(22)30)21-11-16-28(17-12-21)23-8-3-4-9-25(23)31-2/h3-9,14,21-22,24,30H,10-13,15-19H2,1-2H3/t22-,24-/m1/s1. The number of nitrogens with zero attached hydrogens (tertiary/aromatic N) is 4. The molecule has 0 aliphatic carbocycles. The summed E-state index contributed by atoms with van der Waals surface area (Å²) in [6.07, 6.45) is 5.76. The van der Waals surface area contributed by atoms with Gasteiger partial charge in [-0.3, -0.25) is 9.88 Å². The molecule has 2 fully saturated rings. The summed E-state index contributed by atoms with van der Waals surface area (Å²) in [6, 6.07) is 15.1. The zero-order valence-corrected chi connectivity index (χ0v) is 18.9. The van der Waals surface area contributed by atoms with Gasteiger partial charge in [0, 0.05) is 63.1 Å². The lowest BCUT2D eigenvalue weighted by Gasteiger charge is -2.46. The number of likely N-dealkylation sites (tertiary alicyclic amines) is 1. The normalized spacial score (nSPS) is 23.3. The van der Waals surface area contributed by atoms with E-state index in [1.54, 1.807) is 7.11 Å². The van der Waals surface area contributed by atoms with Crippen molar-refractivity contribution in [1.29, 1.82) is 0 Å². The quantitative estimate of drug-likeness (QED) is 0.738. The molecule has 2 aliphatic rings. The minimum atomic E-state index is -0.297. The van der Waals surface area contributed by atoms with Gasteiger partial charge in [0.1, 0.15) is 5.75 Å². The summed E-state index contributed by atoms with van der Waals surface area (Å²) in [4.78, 5) is 11.7. The third-order valence-electron chi connectivity index (χ3n) is 7.00. The molecule has 0 saturated carbocycles. The van der Waals surface area contributed by atoms with Gasteiger partial charge >= 0.3 is 0 Å². The van der Waals surface area contributed by atoms with E-state index in [0.717, 1.165) is 69.9 Å². The Bertz CT molecular complexity index is 810. The average Bonchev–Trinajstić information content (AvgIpc) is 2.83. The molecule has 4 rings (SSSR count). The molecular weight excluding hydrogens is 388 g/mol. The van der Waals surface area contributed by atoms with Crippen LogP contribution in [-0.2, 0) is 6.42 Å². The van der Waals surface area contributed by atoms with E-state index in [-0.39, 0.29) is 12.1 Å². The van der Waals surface area contributed by atoms with E-state index in [9.17, 15) is 5.11 Å². The molecule has 2 aromatic rings. The van der Waals surface area contributed by atoms with Crippen molar-refractivity contribution in [3.8, 4) is 5.75 Å². The van der Waals surface area contributed by atoms with Crippen LogP contribution in [0.15, 0.2) is 48.7 Å². The van der Waals surface area contributed by atoms with Crippen LogP contribution in [0.25, 0.3) is 0 Å². The fourth-order valence-corrected chi connectivity index (χ4v) is 5.16. The molecule has 0 bridgehead atoms. The van der Waals surface area contributed by atoms with Gasteiger partial charge in [0.05, 0.1) is 18.9 Å². The number of hydrogen-bond acceptors (Lipinski definition) is 6. The van der Waals surface area contributed by atoms with E-state index in [0.29, 0.717) is 6.04 Å². The van der Waals surface area contributed by atoms with E-state index in [1.165, 1.54) is 5.69 Å². The second-order valence-corrected chi connectivity index (χ2v) is 8.86. The molecule has 0 unspecified atom stereocenters. The Morgan fingerprint density at radius 3 is 2.55 bits per heavy atom. The number of pyridine rings is 1. The SMILES string of the molecule is COc1ccccc1N1CCC(N2CC[C@@H](N(C)CCc3ccccn3)[C@H](O)C2)CC1. The van der Waals surface area contributed by atoms with Crippen LogP contribution in [0.5, 0.6) is 5.75 Å². The number of methoxy groups -OCH3 is 1. The number of likely N-dealkylation sites (N-methyl/N-ethyl adjacent to an activating group) is 1. The molecule has 0 radical (unpaired) electrons. The van der Waals surface area contributed by atoms with Crippen molar-refractivity contribution >= 4 is 5.69 Å². The number of β-amino-alcohol motifs (C(OH)–C–C–N with tert-alkyl or cyclic N) is 1. The topological polar surface area (TPSA) is 52.1 Å². The monoisotopic (exact) mass is 424 g/mol. The van der Waals surface area contributed by atoms with Gasteiger partial charge in [0.2, 0.25) is 0 Å². The largest absolute Gasteiger partial charge is 0.495 e. The van der Waals surface area contributed by atoms with Gasteiger partial charge in [-0.2, -0.15) is 0 Å². The molecule has 31 heavy (non-hydrogen) atoms. The molecular formula is C25H36N4O2. The van der Waals surface area contributed by atoms with Gasteiger partial charge in [-0.05, 0) is 50.6 Å². The zero-order valence-electron chi connectivity index (χ0n) is 18.9. The van der Waals surface area contributed by atoms with Crippen molar-refractivity contribution < 1.29 is 9.84 Å². The molecule has 2 atom stereocenters. The lowest BCUT2D eigenvalue weighted by Crippen LogP contribution is -2.57. The van der Waals surface area contributed by atoms with E-state index in [1.807, 2.05) is 30.5 Å². The maximum atomic E-state index is 10.9. The molecule has 0 amide bonds. The number of ether oxygens (including phenoxy) is 1. The number of piperidine rings is 2. The lowest BCUT2D eigenvalue weighted by molar-refractivity contribution is -0.0210. The van der Waals surface area contributed by atoms with Crippen molar-refractivity contribution in [2.75, 3.05) is 51.8 Å². The van der Waals surface area contributed by atoms with Crippen molar-refractivity contribution in [3.63, 3.8) is 0 Å². The Labute approximate surface area is 186 Å². The molecule has 0 spiro atoms. The van der Waals surface area contributed by atoms with Crippen LogP contribution in [0.4, 0.5) is 5.69 Å². The van der Waals surface area contributed by atoms with Gasteiger partial charge in [-0.1, -0.05) is 18.2 Å². The number of aliphatic hydroxyl groups excluding tert-OH is 1. The molecule has 2 aliphatic heterocycles. The van der Waals surface area contributed by atoms with E-state index >= 15 is 0 Å². The number of anilines is 1. The number of aromatic nitrogens is 1. The second-order valence-electron chi connectivity index (χ2n) is 8.86. The smallest absolute Gasteiger partial charge is 0.142 e. The van der Waals surface area contributed by atoms with Gasteiger partial charge < -0.3 is 19.6 Å². The second kappa shape index (κ2) is 10.4. The summed E-state index contributed by atoms with van der Waals surface area (Å²) < 4.78 is 5.54. The van der Waals surface area contributed by atoms with Crippen LogP contribution in [0.1, 0.15) is 25.0 Å². The summed E-state index contributed by atoms with van der Waals surface area (Å²) in [5.41, 5.74) is 2.31. The Hall–Kier alpha value is -2.15. The number of para-hydroxylation sites is 2. The highest BCUT2D eigenvalue weighted by atomic mass is 16.5. The minimum absolute atomic E-state index is 0.230. The zero-order chi connectivity index (χ0) is 21.6. The van der Waals surface area contributed by atoms with Crippen LogP contribution in [0, 0.1) is 0 Å². The highest BCUT2D eigenvalue weighted by Gasteiger charge is 2.34. The molecule has 1 N–H and O–H groups in total.